The van der Waals surface area contributed by atoms with Gasteiger partial charge in [0.1, 0.15) is 0 Å². The van der Waals surface area contributed by atoms with Gasteiger partial charge < -0.3 is 10.2 Å². The molecular weight excluding hydrogens is 274 g/mol. The summed E-state index contributed by atoms with van der Waals surface area (Å²) in [5.41, 5.74) is 1.22. The third kappa shape index (κ3) is 5.02. The largest absolute Gasteiger partial charge is 0.375 e. The van der Waals surface area contributed by atoms with E-state index in [2.05, 4.69) is 53.5 Å². The van der Waals surface area contributed by atoms with E-state index in [9.17, 15) is 4.79 Å². The molecule has 0 saturated carbocycles. The Morgan fingerprint density at radius 2 is 2.05 bits per heavy atom. The van der Waals surface area contributed by atoms with Gasteiger partial charge in [-0.2, -0.15) is 0 Å². The summed E-state index contributed by atoms with van der Waals surface area (Å²) in [6.07, 6.45) is 5.58. The summed E-state index contributed by atoms with van der Waals surface area (Å²) in [5.74, 6) is 0.201. The van der Waals surface area contributed by atoms with Gasteiger partial charge in [-0.05, 0) is 45.0 Å². The Labute approximate surface area is 134 Å². The number of hydrogen-bond donors (Lipinski definition) is 1. The van der Waals surface area contributed by atoms with E-state index in [1.54, 1.807) is 0 Å². The molecule has 1 unspecified atom stereocenters. The van der Waals surface area contributed by atoms with Gasteiger partial charge in [-0.15, -0.1) is 0 Å². The average Bonchev–Trinajstić information content (AvgIpc) is 2.76. The maximum Gasteiger partial charge on any atom is 0.237 e. The van der Waals surface area contributed by atoms with Gasteiger partial charge in [-0.1, -0.05) is 31.0 Å². The van der Waals surface area contributed by atoms with Crippen molar-refractivity contribution in [2.24, 2.45) is 0 Å². The molecule has 0 aromatic heterocycles. The van der Waals surface area contributed by atoms with Gasteiger partial charge in [0.2, 0.25) is 5.91 Å². The second kappa shape index (κ2) is 8.79. The summed E-state index contributed by atoms with van der Waals surface area (Å²) in [6.45, 7) is 2.74. The molecule has 0 radical (unpaired) electrons. The summed E-state index contributed by atoms with van der Waals surface area (Å²) >= 11 is 0. The molecule has 1 aromatic rings. The van der Waals surface area contributed by atoms with Gasteiger partial charge in [0.05, 0.1) is 6.04 Å². The third-order valence-corrected chi connectivity index (χ3v) is 4.49. The first-order chi connectivity index (χ1) is 10.7. The maximum atomic E-state index is 12.3. The maximum absolute atomic E-state index is 12.3. The van der Waals surface area contributed by atoms with Crippen LogP contribution in [0.3, 0.4) is 0 Å². The fourth-order valence-corrected chi connectivity index (χ4v) is 3.04. The van der Waals surface area contributed by atoms with Crippen LogP contribution in [0.1, 0.15) is 32.1 Å². The van der Waals surface area contributed by atoms with Crippen LogP contribution in [-0.2, 0) is 4.79 Å². The molecule has 1 fully saturated rings. The van der Waals surface area contributed by atoms with Crippen LogP contribution in [0.2, 0.25) is 0 Å². The summed E-state index contributed by atoms with van der Waals surface area (Å²) in [4.78, 5) is 16.7. The molecule has 122 valence electrons. The van der Waals surface area contributed by atoms with Crippen molar-refractivity contribution in [2.75, 3.05) is 38.6 Å². The zero-order valence-electron chi connectivity index (χ0n) is 13.9. The first-order valence-corrected chi connectivity index (χ1v) is 8.42. The minimum absolute atomic E-state index is 0.0642. The highest BCUT2D eigenvalue weighted by molar-refractivity contribution is 5.81. The van der Waals surface area contributed by atoms with Crippen LogP contribution in [0.5, 0.6) is 0 Å². The van der Waals surface area contributed by atoms with E-state index in [1.807, 2.05) is 6.07 Å². The number of nitrogens with zero attached hydrogens (tertiary/aromatic N) is 2. The monoisotopic (exact) mass is 303 g/mol. The quantitative estimate of drug-likeness (QED) is 0.820. The molecule has 1 saturated heterocycles. The lowest BCUT2D eigenvalue weighted by Crippen LogP contribution is -2.45. The number of rotatable bonds is 6. The van der Waals surface area contributed by atoms with E-state index in [0.717, 1.165) is 32.5 Å². The van der Waals surface area contributed by atoms with Crippen LogP contribution < -0.4 is 10.2 Å². The summed E-state index contributed by atoms with van der Waals surface area (Å²) < 4.78 is 0. The Kier molecular flexibility index (Phi) is 6.72. The van der Waals surface area contributed by atoms with Crippen molar-refractivity contribution in [2.45, 2.75) is 38.1 Å². The second-order valence-electron chi connectivity index (χ2n) is 6.25. The molecule has 4 heteroatoms. The number of likely N-dealkylation sites (tertiary alicyclic amines) is 1. The number of hydrogen-bond acceptors (Lipinski definition) is 3. The molecule has 4 nitrogen and oxygen atoms in total. The van der Waals surface area contributed by atoms with E-state index in [0.29, 0.717) is 0 Å². The Morgan fingerprint density at radius 1 is 1.27 bits per heavy atom. The lowest BCUT2D eigenvalue weighted by atomic mass is 10.1. The van der Waals surface area contributed by atoms with Crippen LogP contribution in [0, 0.1) is 0 Å². The van der Waals surface area contributed by atoms with Crippen LogP contribution >= 0.6 is 0 Å². The lowest BCUT2D eigenvalue weighted by Gasteiger charge is -2.25. The van der Waals surface area contributed by atoms with Crippen LogP contribution in [0.15, 0.2) is 30.3 Å². The Hall–Kier alpha value is -1.55. The molecule has 1 N–H and O–H groups in total. The SMILES string of the molecule is CN(CCCNC(=O)C1CCCCCN1C)c1ccccc1. The fourth-order valence-electron chi connectivity index (χ4n) is 3.04. The summed E-state index contributed by atoms with van der Waals surface area (Å²) in [7, 11) is 4.16. The topological polar surface area (TPSA) is 35.6 Å². The standard InChI is InChI=1S/C18H29N3O/c1-20(16-10-5-3-6-11-16)15-9-13-19-18(22)17-12-7-4-8-14-21(17)2/h3,5-6,10-11,17H,4,7-9,12-15H2,1-2H3,(H,19,22). The highest BCUT2D eigenvalue weighted by Crippen LogP contribution is 2.15. The van der Waals surface area contributed by atoms with Crippen LogP contribution in [-0.4, -0.2) is 50.6 Å². The van der Waals surface area contributed by atoms with Crippen molar-refractivity contribution in [1.29, 1.82) is 0 Å². The van der Waals surface area contributed by atoms with Crippen molar-refractivity contribution in [3.05, 3.63) is 30.3 Å². The third-order valence-electron chi connectivity index (χ3n) is 4.49. The van der Waals surface area contributed by atoms with E-state index in [4.69, 9.17) is 0 Å². The number of carbonyl (C=O) groups excluding carboxylic acids is 1. The molecule has 0 bridgehead atoms. The molecule has 2 rings (SSSR count). The van der Waals surface area contributed by atoms with Crippen molar-refractivity contribution < 1.29 is 4.79 Å². The first kappa shape index (κ1) is 16.8. The Morgan fingerprint density at radius 3 is 2.82 bits per heavy atom. The van der Waals surface area contributed by atoms with Gasteiger partial charge in [0, 0.05) is 25.8 Å². The molecule has 0 spiro atoms. The molecule has 22 heavy (non-hydrogen) atoms. The van der Waals surface area contributed by atoms with Crippen molar-refractivity contribution >= 4 is 11.6 Å². The van der Waals surface area contributed by atoms with Crippen molar-refractivity contribution in [1.82, 2.24) is 10.2 Å². The fraction of sp³-hybridized carbons (Fsp3) is 0.611. The number of benzene rings is 1. The van der Waals surface area contributed by atoms with Gasteiger partial charge in [0.15, 0.2) is 0 Å². The van der Waals surface area contributed by atoms with Gasteiger partial charge in [0.25, 0.3) is 0 Å². The van der Waals surface area contributed by atoms with E-state index in [1.165, 1.54) is 24.9 Å². The smallest absolute Gasteiger partial charge is 0.237 e. The zero-order chi connectivity index (χ0) is 15.8. The number of likely N-dealkylation sites (N-methyl/N-ethyl adjacent to an activating group) is 1. The Bertz CT molecular complexity index is 449. The Balaban J connectivity index is 1.68. The minimum atomic E-state index is 0.0642. The molecule has 1 atom stereocenters. The highest BCUT2D eigenvalue weighted by atomic mass is 16.2. The molecule has 1 aliphatic rings. The normalized spacial score (nSPS) is 19.5. The first-order valence-electron chi connectivity index (χ1n) is 8.42. The predicted octanol–water partition coefficient (Wildman–Crippen LogP) is 2.50. The zero-order valence-corrected chi connectivity index (χ0v) is 13.9. The predicted molar refractivity (Wildman–Crippen MR) is 92.2 cm³/mol. The molecule has 0 aliphatic carbocycles. The van der Waals surface area contributed by atoms with Gasteiger partial charge in [-0.3, -0.25) is 9.69 Å². The van der Waals surface area contributed by atoms with E-state index >= 15 is 0 Å². The molecule has 1 amide bonds. The van der Waals surface area contributed by atoms with Crippen molar-refractivity contribution in [3.63, 3.8) is 0 Å². The van der Waals surface area contributed by atoms with Gasteiger partial charge >= 0.3 is 0 Å². The average molecular weight is 303 g/mol. The highest BCUT2D eigenvalue weighted by Gasteiger charge is 2.23. The summed E-state index contributed by atoms with van der Waals surface area (Å²) in [5, 5.41) is 3.11. The lowest BCUT2D eigenvalue weighted by molar-refractivity contribution is -0.126. The number of carbonyl (C=O) groups is 1. The molecule has 1 heterocycles. The minimum Gasteiger partial charge on any atom is -0.375 e. The van der Waals surface area contributed by atoms with Crippen LogP contribution in [0.4, 0.5) is 5.69 Å². The van der Waals surface area contributed by atoms with Crippen LogP contribution in [0.25, 0.3) is 0 Å². The molecule has 1 aromatic carbocycles. The number of nitrogens with one attached hydrogen (secondary N) is 1. The number of para-hydroxylation sites is 1. The second-order valence-corrected chi connectivity index (χ2v) is 6.25. The molecule has 1 aliphatic heterocycles. The molecular formula is C18H29N3O. The van der Waals surface area contributed by atoms with E-state index < -0.39 is 0 Å². The van der Waals surface area contributed by atoms with E-state index in [-0.39, 0.29) is 11.9 Å². The van der Waals surface area contributed by atoms with Crippen molar-refractivity contribution in [3.8, 4) is 0 Å². The van der Waals surface area contributed by atoms with Gasteiger partial charge in [-0.25, -0.2) is 0 Å². The summed E-state index contributed by atoms with van der Waals surface area (Å²) in [6, 6.07) is 10.4. The number of amides is 1. The number of anilines is 1.